The van der Waals surface area contributed by atoms with Crippen molar-refractivity contribution in [3.8, 4) is 11.1 Å². The number of thioether (sulfide) groups is 1. The van der Waals surface area contributed by atoms with Gasteiger partial charge < -0.3 is 0 Å². The van der Waals surface area contributed by atoms with Gasteiger partial charge in [0.25, 0.3) is 0 Å². The second kappa shape index (κ2) is 4.78. The average molecular weight is 252 g/mol. The van der Waals surface area contributed by atoms with Gasteiger partial charge in [-0.2, -0.15) is 0 Å². The van der Waals surface area contributed by atoms with Crippen LogP contribution in [0.2, 0.25) is 0 Å². The predicted octanol–water partition coefficient (Wildman–Crippen LogP) is 4.02. The summed E-state index contributed by atoms with van der Waals surface area (Å²) < 4.78 is 0. The van der Waals surface area contributed by atoms with Gasteiger partial charge in [-0.25, -0.2) is 0 Å². The summed E-state index contributed by atoms with van der Waals surface area (Å²) in [5, 5.41) is 1.09. The van der Waals surface area contributed by atoms with Crippen molar-refractivity contribution in [1.29, 1.82) is 0 Å². The monoisotopic (exact) mass is 252 g/mol. The van der Waals surface area contributed by atoms with Gasteiger partial charge in [0.05, 0.1) is 5.52 Å². The number of nitrogens with zero attached hydrogens (tertiary/aromatic N) is 2. The van der Waals surface area contributed by atoms with Crippen molar-refractivity contribution >= 4 is 22.7 Å². The van der Waals surface area contributed by atoms with Gasteiger partial charge in [-0.05, 0) is 41.6 Å². The van der Waals surface area contributed by atoms with Crippen LogP contribution < -0.4 is 0 Å². The normalized spacial score (nSPS) is 10.7. The number of hydrogen-bond acceptors (Lipinski definition) is 3. The number of fused-ring (bicyclic) bond motifs is 1. The lowest BCUT2D eigenvalue weighted by atomic mass is 10.0. The average Bonchev–Trinajstić information content (AvgIpc) is 2.47. The van der Waals surface area contributed by atoms with E-state index < -0.39 is 0 Å². The molecule has 0 radical (unpaired) electrons. The number of pyridine rings is 2. The van der Waals surface area contributed by atoms with Crippen molar-refractivity contribution in [2.75, 3.05) is 6.26 Å². The van der Waals surface area contributed by atoms with Gasteiger partial charge in [0.1, 0.15) is 0 Å². The number of hydrogen-bond donors (Lipinski definition) is 0. The van der Waals surface area contributed by atoms with E-state index in [1.54, 1.807) is 18.0 Å². The zero-order valence-electron chi connectivity index (χ0n) is 10.00. The Labute approximate surface area is 110 Å². The van der Waals surface area contributed by atoms with Crippen LogP contribution in [0.5, 0.6) is 0 Å². The molecule has 0 unspecified atom stereocenters. The summed E-state index contributed by atoms with van der Waals surface area (Å²) in [4.78, 5) is 9.82. The van der Waals surface area contributed by atoms with Crippen LogP contribution in [-0.4, -0.2) is 16.2 Å². The van der Waals surface area contributed by atoms with Gasteiger partial charge in [0, 0.05) is 28.9 Å². The third-order valence-electron chi connectivity index (χ3n) is 2.94. The molecule has 0 bridgehead atoms. The van der Waals surface area contributed by atoms with E-state index in [-0.39, 0.29) is 0 Å². The fraction of sp³-hybridized carbons (Fsp3) is 0.0667. The summed E-state index contributed by atoms with van der Waals surface area (Å²) in [7, 11) is 0. The van der Waals surface area contributed by atoms with E-state index in [9.17, 15) is 0 Å². The van der Waals surface area contributed by atoms with Crippen LogP contribution in [0.1, 0.15) is 0 Å². The zero-order valence-corrected chi connectivity index (χ0v) is 10.8. The first-order chi connectivity index (χ1) is 8.88. The molecule has 0 N–H and O–H groups in total. The Bertz CT molecular complexity index is 672. The molecule has 0 saturated carbocycles. The van der Waals surface area contributed by atoms with Crippen LogP contribution >= 0.6 is 11.8 Å². The molecule has 3 rings (SSSR count). The Balaban J connectivity index is 2.18. The van der Waals surface area contributed by atoms with E-state index in [4.69, 9.17) is 0 Å². The molecule has 1 aromatic carbocycles. The highest BCUT2D eigenvalue weighted by Gasteiger charge is 2.04. The molecule has 0 aliphatic carbocycles. The Morgan fingerprint density at radius 1 is 0.944 bits per heavy atom. The van der Waals surface area contributed by atoms with Gasteiger partial charge in [-0.1, -0.05) is 12.1 Å². The summed E-state index contributed by atoms with van der Waals surface area (Å²) >= 11 is 1.75. The molecule has 2 aromatic heterocycles. The second-order valence-electron chi connectivity index (χ2n) is 3.98. The third kappa shape index (κ3) is 1.97. The highest BCUT2D eigenvalue weighted by molar-refractivity contribution is 7.98. The lowest BCUT2D eigenvalue weighted by Crippen LogP contribution is -1.85. The minimum absolute atomic E-state index is 0.983. The molecule has 0 spiro atoms. The summed E-state index contributed by atoms with van der Waals surface area (Å²) in [6.07, 6.45) is 7.58. The Morgan fingerprint density at radius 2 is 1.78 bits per heavy atom. The van der Waals surface area contributed by atoms with Gasteiger partial charge in [0.2, 0.25) is 0 Å². The maximum absolute atomic E-state index is 4.36. The summed E-state index contributed by atoms with van der Waals surface area (Å²) in [5.41, 5.74) is 3.37. The van der Waals surface area contributed by atoms with E-state index in [2.05, 4.69) is 40.5 Å². The Hall–Kier alpha value is -1.87. The number of rotatable bonds is 2. The summed E-state index contributed by atoms with van der Waals surface area (Å²) in [6.45, 7) is 0. The predicted molar refractivity (Wildman–Crippen MR) is 76.8 cm³/mol. The molecule has 88 valence electrons. The highest BCUT2D eigenvalue weighted by Crippen LogP contribution is 2.28. The van der Waals surface area contributed by atoms with Gasteiger partial charge in [-0.15, -0.1) is 11.8 Å². The first-order valence-corrected chi connectivity index (χ1v) is 6.94. The Kier molecular flexibility index (Phi) is 2.99. The molecule has 0 atom stereocenters. The van der Waals surface area contributed by atoms with E-state index >= 15 is 0 Å². The largest absolute Gasteiger partial charge is 0.264 e. The van der Waals surface area contributed by atoms with Crippen LogP contribution in [0, 0.1) is 0 Å². The van der Waals surface area contributed by atoms with Gasteiger partial charge in [-0.3, -0.25) is 9.97 Å². The fourth-order valence-electron chi connectivity index (χ4n) is 2.01. The molecule has 0 amide bonds. The molecule has 0 saturated heterocycles. The van der Waals surface area contributed by atoms with Crippen molar-refractivity contribution in [1.82, 2.24) is 9.97 Å². The van der Waals surface area contributed by atoms with Crippen LogP contribution in [-0.2, 0) is 0 Å². The molecule has 0 aliphatic heterocycles. The molecular formula is C15H12N2S. The van der Waals surface area contributed by atoms with Crippen molar-refractivity contribution in [3.05, 3.63) is 55.0 Å². The van der Waals surface area contributed by atoms with Crippen LogP contribution in [0.25, 0.3) is 22.0 Å². The van der Waals surface area contributed by atoms with Crippen molar-refractivity contribution < 1.29 is 0 Å². The molecule has 2 nitrogen and oxygen atoms in total. The molecule has 3 aromatic rings. The quantitative estimate of drug-likeness (QED) is 0.644. The summed E-state index contributed by atoms with van der Waals surface area (Å²) in [6, 6.07) is 12.6. The molecule has 0 fully saturated rings. The zero-order chi connectivity index (χ0) is 12.4. The van der Waals surface area contributed by atoms with Crippen molar-refractivity contribution in [2.45, 2.75) is 4.90 Å². The number of aromatic nitrogens is 2. The van der Waals surface area contributed by atoms with Gasteiger partial charge >= 0.3 is 0 Å². The summed E-state index contributed by atoms with van der Waals surface area (Å²) in [5.74, 6) is 0. The minimum atomic E-state index is 0.983. The van der Waals surface area contributed by atoms with Crippen LogP contribution in [0.15, 0.2) is 59.9 Å². The van der Waals surface area contributed by atoms with E-state index in [1.165, 1.54) is 16.0 Å². The lowest BCUT2D eigenvalue weighted by Gasteiger charge is -2.06. The minimum Gasteiger partial charge on any atom is -0.264 e. The topological polar surface area (TPSA) is 25.8 Å². The van der Waals surface area contributed by atoms with Crippen molar-refractivity contribution in [2.24, 2.45) is 0 Å². The second-order valence-corrected chi connectivity index (χ2v) is 4.86. The van der Waals surface area contributed by atoms with E-state index in [0.717, 1.165) is 10.9 Å². The standard InChI is InChI=1S/C15H12N2S/c1-18-12-4-2-11(3-5-12)13-6-9-17-15-7-8-16-10-14(13)15/h2-10H,1H3. The van der Waals surface area contributed by atoms with Gasteiger partial charge in [0.15, 0.2) is 0 Å². The first kappa shape index (κ1) is 11.2. The SMILES string of the molecule is CSc1ccc(-c2ccnc3ccncc23)cc1. The fourth-order valence-corrected chi connectivity index (χ4v) is 2.42. The third-order valence-corrected chi connectivity index (χ3v) is 3.69. The highest BCUT2D eigenvalue weighted by atomic mass is 32.2. The number of benzene rings is 1. The smallest absolute Gasteiger partial charge is 0.0739 e. The van der Waals surface area contributed by atoms with E-state index in [0.29, 0.717) is 0 Å². The van der Waals surface area contributed by atoms with E-state index in [1.807, 2.05) is 24.5 Å². The molecule has 18 heavy (non-hydrogen) atoms. The molecule has 3 heteroatoms. The van der Waals surface area contributed by atoms with Crippen LogP contribution in [0.4, 0.5) is 0 Å². The maximum Gasteiger partial charge on any atom is 0.0739 e. The first-order valence-electron chi connectivity index (χ1n) is 5.71. The molecule has 0 aliphatic rings. The molecule has 2 heterocycles. The van der Waals surface area contributed by atoms with Crippen LogP contribution in [0.3, 0.4) is 0 Å². The Morgan fingerprint density at radius 3 is 2.56 bits per heavy atom. The molecular weight excluding hydrogens is 240 g/mol. The van der Waals surface area contributed by atoms with Crippen molar-refractivity contribution in [3.63, 3.8) is 0 Å². The lowest BCUT2D eigenvalue weighted by molar-refractivity contribution is 1.32. The maximum atomic E-state index is 4.36.